The van der Waals surface area contributed by atoms with Crippen LogP contribution < -0.4 is 10.6 Å². The number of amides is 1. The van der Waals surface area contributed by atoms with Crippen LogP contribution in [0.2, 0.25) is 0 Å². The molecule has 1 unspecified atom stereocenters. The zero-order chi connectivity index (χ0) is 15.1. The SMILES string of the molecule is CCC(NCCNC(=O)c1ccc(C)cc1)c1cccs1. The quantitative estimate of drug-likeness (QED) is 0.768. The zero-order valence-electron chi connectivity index (χ0n) is 12.6. The van der Waals surface area contributed by atoms with Crippen LogP contribution in [0, 0.1) is 6.92 Å². The lowest BCUT2D eigenvalue weighted by molar-refractivity contribution is 0.0953. The van der Waals surface area contributed by atoms with Crippen LogP contribution in [0.4, 0.5) is 0 Å². The van der Waals surface area contributed by atoms with Crippen LogP contribution in [0.3, 0.4) is 0 Å². The predicted molar refractivity (Wildman–Crippen MR) is 88.9 cm³/mol. The van der Waals surface area contributed by atoms with Crippen LogP contribution in [0.5, 0.6) is 0 Å². The number of carbonyl (C=O) groups excluding carboxylic acids is 1. The van der Waals surface area contributed by atoms with E-state index in [0.29, 0.717) is 18.2 Å². The molecule has 0 spiro atoms. The van der Waals surface area contributed by atoms with Gasteiger partial charge in [0, 0.05) is 29.6 Å². The van der Waals surface area contributed by atoms with E-state index in [2.05, 4.69) is 35.1 Å². The van der Waals surface area contributed by atoms with Crippen molar-refractivity contribution in [2.75, 3.05) is 13.1 Å². The third-order valence-corrected chi connectivity index (χ3v) is 4.40. The van der Waals surface area contributed by atoms with E-state index in [-0.39, 0.29) is 5.91 Å². The lowest BCUT2D eigenvalue weighted by Crippen LogP contribution is -2.33. The molecule has 112 valence electrons. The number of aryl methyl sites for hydroxylation is 1. The van der Waals surface area contributed by atoms with Crippen molar-refractivity contribution >= 4 is 17.2 Å². The summed E-state index contributed by atoms with van der Waals surface area (Å²) >= 11 is 1.77. The highest BCUT2D eigenvalue weighted by Gasteiger charge is 2.09. The first kappa shape index (κ1) is 15.7. The maximum Gasteiger partial charge on any atom is 0.251 e. The van der Waals surface area contributed by atoms with Gasteiger partial charge in [-0.3, -0.25) is 4.79 Å². The molecule has 1 heterocycles. The van der Waals surface area contributed by atoms with Crippen LogP contribution in [0.25, 0.3) is 0 Å². The molecule has 0 saturated carbocycles. The van der Waals surface area contributed by atoms with Crippen molar-refractivity contribution in [3.05, 3.63) is 57.8 Å². The highest BCUT2D eigenvalue weighted by atomic mass is 32.1. The number of hydrogen-bond donors (Lipinski definition) is 2. The Morgan fingerprint density at radius 3 is 2.57 bits per heavy atom. The Balaban J connectivity index is 1.74. The number of hydrogen-bond acceptors (Lipinski definition) is 3. The number of benzene rings is 1. The van der Waals surface area contributed by atoms with Gasteiger partial charge in [0.05, 0.1) is 0 Å². The van der Waals surface area contributed by atoms with Crippen LogP contribution in [-0.2, 0) is 0 Å². The molecule has 2 N–H and O–H groups in total. The molecule has 0 fully saturated rings. The van der Waals surface area contributed by atoms with Crippen molar-refractivity contribution in [3.63, 3.8) is 0 Å². The average molecular weight is 302 g/mol. The van der Waals surface area contributed by atoms with Crippen molar-refractivity contribution in [1.82, 2.24) is 10.6 Å². The normalized spacial score (nSPS) is 12.1. The standard InChI is InChI=1S/C17H22N2OS/c1-3-15(16-5-4-12-21-16)18-10-11-19-17(20)14-8-6-13(2)7-9-14/h4-9,12,15,18H,3,10-11H2,1-2H3,(H,19,20). The van der Waals surface area contributed by atoms with Crippen molar-refractivity contribution in [2.24, 2.45) is 0 Å². The zero-order valence-corrected chi connectivity index (χ0v) is 13.4. The van der Waals surface area contributed by atoms with Crippen molar-refractivity contribution in [3.8, 4) is 0 Å². The summed E-state index contributed by atoms with van der Waals surface area (Å²) in [6.07, 6.45) is 1.05. The van der Waals surface area contributed by atoms with Crippen molar-refractivity contribution in [2.45, 2.75) is 26.3 Å². The highest BCUT2D eigenvalue weighted by molar-refractivity contribution is 7.10. The molecule has 0 bridgehead atoms. The third-order valence-electron chi connectivity index (χ3n) is 3.41. The van der Waals surface area contributed by atoms with Gasteiger partial charge in [-0.1, -0.05) is 30.7 Å². The molecule has 0 saturated heterocycles. The second-order valence-corrected chi connectivity index (χ2v) is 6.03. The molecule has 0 aliphatic heterocycles. The van der Waals surface area contributed by atoms with Crippen molar-refractivity contribution in [1.29, 1.82) is 0 Å². The molecule has 1 atom stereocenters. The Labute approximate surface area is 130 Å². The van der Waals surface area contributed by atoms with E-state index >= 15 is 0 Å². The molecular formula is C17H22N2OS. The van der Waals surface area contributed by atoms with E-state index in [4.69, 9.17) is 0 Å². The molecule has 1 amide bonds. The second-order valence-electron chi connectivity index (χ2n) is 5.05. The van der Waals surface area contributed by atoms with Gasteiger partial charge in [-0.25, -0.2) is 0 Å². The summed E-state index contributed by atoms with van der Waals surface area (Å²) in [5.74, 6) is -0.0130. The third kappa shape index (κ3) is 4.69. The van der Waals surface area contributed by atoms with Gasteiger partial charge in [0.2, 0.25) is 0 Å². The van der Waals surface area contributed by atoms with Crippen LogP contribution in [0.1, 0.15) is 40.2 Å². The van der Waals surface area contributed by atoms with Crippen LogP contribution in [0.15, 0.2) is 41.8 Å². The fourth-order valence-corrected chi connectivity index (χ4v) is 3.05. The molecule has 0 aliphatic carbocycles. The fraction of sp³-hybridized carbons (Fsp3) is 0.353. The van der Waals surface area contributed by atoms with Crippen molar-refractivity contribution < 1.29 is 4.79 Å². The molecule has 1 aromatic heterocycles. The van der Waals surface area contributed by atoms with Crippen LogP contribution in [-0.4, -0.2) is 19.0 Å². The van der Waals surface area contributed by atoms with Gasteiger partial charge in [-0.05, 0) is 36.9 Å². The molecule has 0 aliphatic rings. The lowest BCUT2D eigenvalue weighted by Gasteiger charge is -2.15. The lowest BCUT2D eigenvalue weighted by atomic mass is 10.1. The first-order chi connectivity index (χ1) is 10.2. The van der Waals surface area contributed by atoms with E-state index in [1.54, 1.807) is 11.3 Å². The van der Waals surface area contributed by atoms with E-state index in [9.17, 15) is 4.79 Å². The molecule has 2 aromatic rings. The van der Waals surface area contributed by atoms with Crippen LogP contribution >= 0.6 is 11.3 Å². The number of thiophene rings is 1. The van der Waals surface area contributed by atoms with Gasteiger partial charge in [-0.15, -0.1) is 11.3 Å². The minimum absolute atomic E-state index is 0.0130. The molecule has 4 heteroatoms. The Bertz CT molecular complexity index is 549. The maximum absolute atomic E-state index is 12.0. The summed E-state index contributed by atoms with van der Waals surface area (Å²) in [5, 5.41) is 8.52. The van der Waals surface area contributed by atoms with E-state index in [0.717, 1.165) is 18.5 Å². The minimum atomic E-state index is -0.0130. The number of carbonyl (C=O) groups is 1. The van der Waals surface area contributed by atoms with Gasteiger partial charge >= 0.3 is 0 Å². The van der Waals surface area contributed by atoms with Gasteiger partial charge in [0.15, 0.2) is 0 Å². The Morgan fingerprint density at radius 1 is 1.19 bits per heavy atom. The van der Waals surface area contributed by atoms with Gasteiger partial charge in [-0.2, -0.15) is 0 Å². The first-order valence-electron chi connectivity index (χ1n) is 7.32. The summed E-state index contributed by atoms with van der Waals surface area (Å²) in [6.45, 7) is 5.59. The minimum Gasteiger partial charge on any atom is -0.351 e. The van der Waals surface area contributed by atoms with E-state index in [1.165, 1.54) is 4.88 Å². The first-order valence-corrected chi connectivity index (χ1v) is 8.20. The largest absolute Gasteiger partial charge is 0.351 e. The molecule has 2 rings (SSSR count). The molecule has 3 nitrogen and oxygen atoms in total. The summed E-state index contributed by atoms with van der Waals surface area (Å²) < 4.78 is 0. The number of rotatable bonds is 7. The summed E-state index contributed by atoms with van der Waals surface area (Å²) in [6, 6.07) is 12.2. The Kier molecular flexibility index (Phi) is 5.96. The van der Waals surface area contributed by atoms with Gasteiger partial charge < -0.3 is 10.6 Å². The molecule has 0 radical (unpaired) electrons. The van der Waals surface area contributed by atoms with E-state index < -0.39 is 0 Å². The monoisotopic (exact) mass is 302 g/mol. The molecule has 1 aromatic carbocycles. The topological polar surface area (TPSA) is 41.1 Å². The Morgan fingerprint density at radius 2 is 1.95 bits per heavy atom. The van der Waals surface area contributed by atoms with E-state index in [1.807, 2.05) is 31.2 Å². The Hall–Kier alpha value is -1.65. The summed E-state index contributed by atoms with van der Waals surface area (Å²) in [4.78, 5) is 13.3. The van der Waals surface area contributed by atoms with Gasteiger partial charge in [0.25, 0.3) is 5.91 Å². The second kappa shape index (κ2) is 7.96. The number of nitrogens with one attached hydrogen (secondary N) is 2. The van der Waals surface area contributed by atoms with Gasteiger partial charge in [0.1, 0.15) is 0 Å². The smallest absolute Gasteiger partial charge is 0.251 e. The molecule has 21 heavy (non-hydrogen) atoms. The maximum atomic E-state index is 12.0. The highest BCUT2D eigenvalue weighted by Crippen LogP contribution is 2.21. The summed E-state index contributed by atoms with van der Waals surface area (Å²) in [7, 11) is 0. The summed E-state index contributed by atoms with van der Waals surface area (Å²) in [5.41, 5.74) is 1.88. The molecular weight excluding hydrogens is 280 g/mol. The predicted octanol–water partition coefficient (Wildman–Crippen LogP) is 3.53. The fourth-order valence-electron chi connectivity index (χ4n) is 2.17. The average Bonchev–Trinajstić information content (AvgIpc) is 3.02.